The van der Waals surface area contributed by atoms with Gasteiger partial charge in [0.1, 0.15) is 0 Å². The van der Waals surface area contributed by atoms with E-state index in [4.69, 9.17) is 0 Å². The Kier molecular flexibility index (Phi) is 3.17. The van der Waals surface area contributed by atoms with E-state index in [1.807, 2.05) is 0 Å². The summed E-state index contributed by atoms with van der Waals surface area (Å²) >= 11 is 0. The molecule has 0 spiro atoms. The third-order valence-corrected chi connectivity index (χ3v) is 3.72. The fourth-order valence-electron chi connectivity index (χ4n) is 2.25. The molecule has 0 radical (unpaired) electrons. The minimum absolute atomic E-state index is 0.0627. The van der Waals surface area contributed by atoms with Crippen LogP contribution in [0.2, 0.25) is 0 Å². The van der Waals surface area contributed by atoms with E-state index in [-0.39, 0.29) is 5.54 Å². The molecule has 0 saturated carbocycles. The van der Waals surface area contributed by atoms with E-state index < -0.39 is 11.7 Å². The van der Waals surface area contributed by atoms with E-state index >= 15 is 0 Å². The molecule has 0 aliphatic carbocycles. The predicted molar refractivity (Wildman–Crippen MR) is 66.9 cm³/mol. The number of benzene rings is 1. The van der Waals surface area contributed by atoms with Crippen LogP contribution < -0.4 is 10.6 Å². The van der Waals surface area contributed by atoms with Crippen LogP contribution in [0.3, 0.4) is 0 Å². The molecule has 0 bridgehead atoms. The van der Waals surface area contributed by atoms with Crippen molar-refractivity contribution in [3.63, 3.8) is 0 Å². The van der Waals surface area contributed by atoms with Crippen molar-refractivity contribution in [3.05, 3.63) is 23.8 Å². The molecule has 1 aromatic rings. The monoisotopic (exact) mass is 258 g/mol. The third-order valence-electron chi connectivity index (χ3n) is 3.72. The number of hydrogen-bond acceptors (Lipinski definition) is 2. The Balaban J connectivity index is 2.31. The average molecular weight is 258 g/mol. The van der Waals surface area contributed by atoms with Gasteiger partial charge in [0.2, 0.25) is 0 Å². The molecule has 1 aromatic carbocycles. The Bertz CT molecular complexity index is 436. The van der Waals surface area contributed by atoms with Gasteiger partial charge < -0.3 is 10.6 Å². The summed E-state index contributed by atoms with van der Waals surface area (Å²) in [4.78, 5) is 0. The van der Waals surface area contributed by atoms with Gasteiger partial charge in [0.25, 0.3) is 0 Å². The fourth-order valence-corrected chi connectivity index (χ4v) is 2.25. The molecule has 0 atom stereocenters. The van der Waals surface area contributed by atoms with Crippen LogP contribution in [-0.2, 0) is 6.18 Å². The fraction of sp³-hybridized carbons (Fsp3) is 0.538. The Hall–Kier alpha value is -1.39. The van der Waals surface area contributed by atoms with Crippen LogP contribution in [0.1, 0.15) is 32.3 Å². The van der Waals surface area contributed by atoms with Gasteiger partial charge in [-0.05, 0) is 31.0 Å². The molecule has 5 heteroatoms. The predicted octanol–water partition coefficient (Wildman–Crippen LogP) is 4.10. The first-order valence-corrected chi connectivity index (χ1v) is 6.13. The summed E-state index contributed by atoms with van der Waals surface area (Å²) in [6.07, 6.45) is -2.44. The number of rotatable bonds is 2. The minimum atomic E-state index is -4.29. The van der Waals surface area contributed by atoms with E-state index in [1.54, 1.807) is 0 Å². The lowest BCUT2D eigenvalue weighted by atomic mass is 9.90. The molecule has 1 aliphatic heterocycles. The quantitative estimate of drug-likeness (QED) is 0.834. The number of anilines is 2. The van der Waals surface area contributed by atoms with E-state index in [0.717, 1.165) is 30.7 Å². The second-order valence-corrected chi connectivity index (χ2v) is 4.72. The summed E-state index contributed by atoms with van der Waals surface area (Å²) in [6, 6.07) is 3.79. The second kappa shape index (κ2) is 4.37. The molecule has 100 valence electrons. The average Bonchev–Trinajstić information content (AvgIpc) is 2.36. The Morgan fingerprint density at radius 1 is 1.17 bits per heavy atom. The van der Waals surface area contributed by atoms with E-state index in [2.05, 4.69) is 24.5 Å². The molecule has 0 aromatic heterocycles. The summed E-state index contributed by atoms with van der Waals surface area (Å²) in [7, 11) is 0. The molecular formula is C13H17F3N2. The molecule has 0 fully saturated rings. The van der Waals surface area contributed by atoms with Gasteiger partial charge in [0.05, 0.1) is 22.5 Å². The van der Waals surface area contributed by atoms with Crippen LogP contribution in [0.15, 0.2) is 18.2 Å². The van der Waals surface area contributed by atoms with Crippen molar-refractivity contribution >= 4 is 11.4 Å². The van der Waals surface area contributed by atoms with Crippen molar-refractivity contribution in [2.24, 2.45) is 0 Å². The summed E-state index contributed by atoms with van der Waals surface area (Å²) in [5.74, 6) is 0. The van der Waals surface area contributed by atoms with Crippen molar-refractivity contribution in [1.82, 2.24) is 0 Å². The van der Waals surface area contributed by atoms with Gasteiger partial charge in [0.15, 0.2) is 0 Å². The zero-order chi connectivity index (χ0) is 13.4. The van der Waals surface area contributed by atoms with Crippen molar-refractivity contribution < 1.29 is 13.2 Å². The maximum atomic E-state index is 12.6. The molecule has 18 heavy (non-hydrogen) atoms. The highest BCUT2D eigenvalue weighted by atomic mass is 19.4. The zero-order valence-electron chi connectivity index (χ0n) is 10.5. The number of alkyl halides is 3. The number of fused-ring (bicyclic) bond motifs is 1. The first kappa shape index (κ1) is 13.1. The molecule has 1 aliphatic rings. The maximum absolute atomic E-state index is 12.6. The normalized spacial score (nSPS) is 17.6. The topological polar surface area (TPSA) is 24.1 Å². The Morgan fingerprint density at radius 2 is 1.83 bits per heavy atom. The summed E-state index contributed by atoms with van der Waals surface area (Å²) in [5.41, 5.74) is 0.601. The first-order chi connectivity index (χ1) is 8.40. The zero-order valence-corrected chi connectivity index (χ0v) is 10.5. The van der Waals surface area contributed by atoms with Crippen molar-refractivity contribution in [2.45, 2.75) is 38.4 Å². The van der Waals surface area contributed by atoms with Crippen LogP contribution in [0.4, 0.5) is 24.5 Å². The molecule has 1 heterocycles. The highest BCUT2D eigenvalue weighted by Gasteiger charge is 2.34. The highest BCUT2D eigenvalue weighted by Crippen LogP contribution is 2.38. The Labute approximate surface area is 105 Å². The van der Waals surface area contributed by atoms with E-state index in [1.165, 1.54) is 6.07 Å². The van der Waals surface area contributed by atoms with Crippen molar-refractivity contribution in [2.75, 3.05) is 17.2 Å². The van der Waals surface area contributed by atoms with Crippen LogP contribution in [0, 0.1) is 0 Å². The lowest BCUT2D eigenvalue weighted by Gasteiger charge is -2.39. The summed E-state index contributed by atoms with van der Waals surface area (Å²) < 4.78 is 37.8. The van der Waals surface area contributed by atoms with Crippen molar-refractivity contribution in [1.29, 1.82) is 0 Å². The van der Waals surface area contributed by atoms with Gasteiger partial charge in [-0.3, -0.25) is 0 Å². The van der Waals surface area contributed by atoms with Gasteiger partial charge in [-0.2, -0.15) is 13.2 Å². The highest BCUT2D eigenvalue weighted by molar-refractivity contribution is 5.73. The number of nitrogens with one attached hydrogen (secondary N) is 2. The largest absolute Gasteiger partial charge is 0.416 e. The lowest BCUT2D eigenvalue weighted by Crippen LogP contribution is -2.46. The van der Waals surface area contributed by atoms with Gasteiger partial charge in [-0.1, -0.05) is 13.8 Å². The van der Waals surface area contributed by atoms with Gasteiger partial charge in [-0.25, -0.2) is 0 Å². The van der Waals surface area contributed by atoms with Crippen LogP contribution in [0.25, 0.3) is 0 Å². The number of hydrogen-bond donors (Lipinski definition) is 2. The van der Waals surface area contributed by atoms with Gasteiger partial charge in [-0.15, -0.1) is 0 Å². The van der Waals surface area contributed by atoms with Crippen molar-refractivity contribution in [3.8, 4) is 0 Å². The van der Waals surface area contributed by atoms with Crippen LogP contribution in [0.5, 0.6) is 0 Å². The molecule has 2 N–H and O–H groups in total. The standard InChI is InChI=1S/C13H17F3N2/c1-3-12(4-2)8-17-11-7-9(13(14,15)16)5-6-10(11)18-12/h5-7,17-18H,3-4,8H2,1-2H3. The third kappa shape index (κ3) is 2.26. The minimum Gasteiger partial charge on any atom is -0.381 e. The Morgan fingerprint density at radius 3 is 2.39 bits per heavy atom. The molecule has 0 saturated heterocycles. The number of halogens is 3. The van der Waals surface area contributed by atoms with Crippen LogP contribution in [-0.4, -0.2) is 12.1 Å². The SMILES string of the molecule is CCC1(CC)CNc2cc(C(F)(F)F)ccc2N1. The maximum Gasteiger partial charge on any atom is 0.416 e. The molecular weight excluding hydrogens is 241 g/mol. The first-order valence-electron chi connectivity index (χ1n) is 6.13. The van der Waals surface area contributed by atoms with Gasteiger partial charge in [0, 0.05) is 6.54 Å². The molecule has 0 amide bonds. The smallest absolute Gasteiger partial charge is 0.381 e. The molecule has 2 nitrogen and oxygen atoms in total. The summed E-state index contributed by atoms with van der Waals surface area (Å²) in [5, 5.41) is 6.46. The lowest BCUT2D eigenvalue weighted by molar-refractivity contribution is -0.137. The second-order valence-electron chi connectivity index (χ2n) is 4.72. The van der Waals surface area contributed by atoms with E-state index in [9.17, 15) is 13.2 Å². The molecule has 2 rings (SSSR count). The summed E-state index contributed by atoms with van der Waals surface area (Å²) in [6.45, 7) is 4.80. The van der Waals surface area contributed by atoms with Crippen LogP contribution >= 0.6 is 0 Å². The van der Waals surface area contributed by atoms with E-state index in [0.29, 0.717) is 12.2 Å². The van der Waals surface area contributed by atoms with Gasteiger partial charge >= 0.3 is 6.18 Å². The molecule has 0 unspecified atom stereocenters.